The molecule has 15 heavy (non-hydrogen) atoms. The van der Waals surface area contributed by atoms with E-state index in [0.717, 1.165) is 0 Å². The van der Waals surface area contributed by atoms with Gasteiger partial charge in [0.25, 0.3) is 0 Å². The van der Waals surface area contributed by atoms with E-state index in [2.05, 4.69) is 19.1 Å². The largest absolute Gasteiger partial charge is 0.0843 e. The molecule has 0 aliphatic heterocycles. The van der Waals surface area contributed by atoms with E-state index in [4.69, 9.17) is 23.2 Å². The lowest BCUT2D eigenvalue weighted by Gasteiger charge is -1.86. The smallest absolute Gasteiger partial charge is 0.0420 e. The third-order valence-corrected chi connectivity index (χ3v) is 2.20. The van der Waals surface area contributed by atoms with E-state index in [9.17, 15) is 0 Å². The molecule has 0 atom stereocenters. The van der Waals surface area contributed by atoms with Crippen molar-refractivity contribution in [2.75, 3.05) is 0 Å². The first-order valence-corrected chi connectivity index (χ1v) is 5.37. The molecule has 0 saturated heterocycles. The Morgan fingerprint density at radius 3 is 1.53 bits per heavy atom. The van der Waals surface area contributed by atoms with E-state index in [1.807, 2.05) is 24.3 Å². The van der Waals surface area contributed by atoms with Gasteiger partial charge in [-0.2, -0.15) is 0 Å². The Balaban J connectivity index is 0.000000151. The molecule has 0 saturated carbocycles. The number of hydrogen-bond acceptors (Lipinski definition) is 0. The maximum atomic E-state index is 5.56. The average Bonchev–Trinajstić information content (AvgIpc) is 2.19. The molecule has 0 nitrogen and oxygen atoms in total. The van der Waals surface area contributed by atoms with Gasteiger partial charge in [-0.25, -0.2) is 0 Å². The van der Waals surface area contributed by atoms with Crippen molar-refractivity contribution >= 4 is 23.2 Å². The molecule has 0 heterocycles. The third-order valence-electron chi connectivity index (χ3n) is 1.73. The standard InChI is InChI=1S/C7H8.C6H4Cl2/c1-7-5-3-2-4-6-7;7-5-2-1-3-6(8)4-5/h2-6H,1H3;1-4H. The lowest BCUT2D eigenvalue weighted by Crippen LogP contribution is -1.62. The second-order valence-electron chi connectivity index (χ2n) is 3.09. The summed E-state index contributed by atoms with van der Waals surface area (Å²) in [5.41, 5.74) is 1.32. The first-order chi connectivity index (χ1) is 7.18. The summed E-state index contributed by atoms with van der Waals surface area (Å²) in [6, 6.07) is 17.3. The monoisotopic (exact) mass is 238 g/mol. The zero-order chi connectivity index (χ0) is 11.1. The Kier molecular flexibility index (Phi) is 5.23. The van der Waals surface area contributed by atoms with Crippen molar-refractivity contribution in [2.24, 2.45) is 0 Å². The molecule has 0 bridgehead atoms. The van der Waals surface area contributed by atoms with E-state index < -0.39 is 0 Å². The SMILES string of the molecule is Cc1ccccc1.Clc1cccc(Cl)c1. The van der Waals surface area contributed by atoms with Crippen molar-refractivity contribution in [3.8, 4) is 0 Å². The number of rotatable bonds is 0. The zero-order valence-corrected chi connectivity index (χ0v) is 9.96. The highest BCUT2D eigenvalue weighted by molar-refractivity contribution is 6.34. The molecule has 2 aromatic carbocycles. The predicted molar refractivity (Wildman–Crippen MR) is 67.6 cm³/mol. The highest BCUT2D eigenvalue weighted by Crippen LogP contribution is 2.13. The molecule has 0 fully saturated rings. The lowest BCUT2D eigenvalue weighted by atomic mass is 10.2. The molecule has 0 amide bonds. The summed E-state index contributed by atoms with van der Waals surface area (Å²) < 4.78 is 0. The Labute approximate surface area is 100 Å². The van der Waals surface area contributed by atoms with Crippen molar-refractivity contribution in [1.82, 2.24) is 0 Å². The van der Waals surface area contributed by atoms with Gasteiger partial charge >= 0.3 is 0 Å². The Morgan fingerprint density at radius 2 is 1.27 bits per heavy atom. The van der Waals surface area contributed by atoms with Crippen molar-refractivity contribution in [3.05, 3.63) is 70.2 Å². The van der Waals surface area contributed by atoms with Crippen LogP contribution >= 0.6 is 23.2 Å². The van der Waals surface area contributed by atoms with Crippen LogP contribution in [0.3, 0.4) is 0 Å². The maximum Gasteiger partial charge on any atom is 0.0420 e. The fraction of sp³-hybridized carbons (Fsp3) is 0.0769. The molecule has 0 unspecified atom stereocenters. The molecule has 2 aromatic rings. The summed E-state index contributed by atoms with van der Waals surface area (Å²) in [5, 5.41) is 1.36. The third kappa shape index (κ3) is 5.46. The number of benzene rings is 2. The van der Waals surface area contributed by atoms with Gasteiger partial charge < -0.3 is 0 Å². The van der Waals surface area contributed by atoms with Gasteiger partial charge in [0, 0.05) is 10.0 Å². The summed E-state index contributed by atoms with van der Waals surface area (Å²) >= 11 is 11.1. The van der Waals surface area contributed by atoms with Crippen LogP contribution in [0.2, 0.25) is 10.0 Å². The summed E-state index contributed by atoms with van der Waals surface area (Å²) in [6.07, 6.45) is 0. The van der Waals surface area contributed by atoms with Crippen LogP contribution in [0.1, 0.15) is 5.56 Å². The van der Waals surface area contributed by atoms with Crippen molar-refractivity contribution in [3.63, 3.8) is 0 Å². The fourth-order valence-electron chi connectivity index (χ4n) is 0.994. The van der Waals surface area contributed by atoms with Crippen LogP contribution in [-0.4, -0.2) is 0 Å². The Hall–Kier alpha value is -0.980. The van der Waals surface area contributed by atoms with Crippen LogP contribution in [-0.2, 0) is 0 Å². The van der Waals surface area contributed by atoms with Gasteiger partial charge in [-0.3, -0.25) is 0 Å². The summed E-state index contributed by atoms with van der Waals surface area (Å²) in [6.45, 7) is 2.08. The van der Waals surface area contributed by atoms with E-state index in [1.165, 1.54) is 5.56 Å². The minimum Gasteiger partial charge on any atom is -0.0843 e. The number of hydrogen-bond donors (Lipinski definition) is 0. The van der Waals surface area contributed by atoms with Crippen LogP contribution in [0.15, 0.2) is 54.6 Å². The van der Waals surface area contributed by atoms with E-state index in [1.54, 1.807) is 18.2 Å². The van der Waals surface area contributed by atoms with Crippen LogP contribution < -0.4 is 0 Å². The lowest BCUT2D eigenvalue weighted by molar-refractivity contribution is 1.48. The maximum absolute atomic E-state index is 5.56. The van der Waals surface area contributed by atoms with E-state index >= 15 is 0 Å². The van der Waals surface area contributed by atoms with E-state index in [-0.39, 0.29) is 0 Å². The molecule has 0 radical (unpaired) electrons. The number of aryl methyl sites for hydroxylation is 1. The van der Waals surface area contributed by atoms with Gasteiger partial charge in [0.15, 0.2) is 0 Å². The predicted octanol–water partition coefficient (Wildman–Crippen LogP) is 4.99. The zero-order valence-electron chi connectivity index (χ0n) is 8.45. The molecule has 0 N–H and O–H groups in total. The molecule has 0 aliphatic rings. The minimum absolute atomic E-state index is 0.678. The Bertz CT molecular complexity index is 379. The highest BCUT2D eigenvalue weighted by Gasteiger charge is 1.85. The minimum atomic E-state index is 0.678. The van der Waals surface area contributed by atoms with E-state index in [0.29, 0.717) is 10.0 Å². The van der Waals surface area contributed by atoms with Crippen LogP contribution in [0.5, 0.6) is 0 Å². The molecule has 2 heteroatoms. The summed E-state index contributed by atoms with van der Waals surface area (Å²) in [4.78, 5) is 0. The molecular formula is C13H12Cl2. The molecule has 2 rings (SSSR count). The summed E-state index contributed by atoms with van der Waals surface area (Å²) in [7, 11) is 0. The van der Waals surface area contributed by atoms with Crippen molar-refractivity contribution < 1.29 is 0 Å². The quantitative estimate of drug-likeness (QED) is 0.607. The molecule has 0 aliphatic carbocycles. The van der Waals surface area contributed by atoms with Gasteiger partial charge in [-0.05, 0) is 25.1 Å². The average molecular weight is 239 g/mol. The van der Waals surface area contributed by atoms with Gasteiger partial charge in [0.2, 0.25) is 0 Å². The van der Waals surface area contributed by atoms with Gasteiger partial charge in [-0.15, -0.1) is 0 Å². The fourth-order valence-corrected chi connectivity index (χ4v) is 1.43. The van der Waals surface area contributed by atoms with Crippen LogP contribution in [0.4, 0.5) is 0 Å². The molecule has 0 aromatic heterocycles. The second kappa shape index (κ2) is 6.49. The number of halogens is 2. The molecule has 0 spiro atoms. The van der Waals surface area contributed by atoms with Crippen molar-refractivity contribution in [1.29, 1.82) is 0 Å². The van der Waals surface area contributed by atoms with Crippen LogP contribution in [0.25, 0.3) is 0 Å². The Morgan fingerprint density at radius 1 is 0.733 bits per heavy atom. The topological polar surface area (TPSA) is 0 Å². The van der Waals surface area contributed by atoms with Gasteiger partial charge in [-0.1, -0.05) is 65.2 Å². The van der Waals surface area contributed by atoms with Crippen molar-refractivity contribution in [2.45, 2.75) is 6.92 Å². The molecular weight excluding hydrogens is 227 g/mol. The normalized spacial score (nSPS) is 9.00. The first-order valence-electron chi connectivity index (χ1n) is 4.61. The van der Waals surface area contributed by atoms with Gasteiger partial charge in [0.1, 0.15) is 0 Å². The van der Waals surface area contributed by atoms with Crippen LogP contribution in [0, 0.1) is 6.92 Å². The van der Waals surface area contributed by atoms with Gasteiger partial charge in [0.05, 0.1) is 0 Å². The molecule has 78 valence electrons. The highest BCUT2D eigenvalue weighted by atomic mass is 35.5. The summed E-state index contributed by atoms with van der Waals surface area (Å²) in [5.74, 6) is 0. The second-order valence-corrected chi connectivity index (χ2v) is 3.97. The first kappa shape index (κ1) is 12.1.